The molecule has 0 saturated heterocycles. The second-order valence-electron chi connectivity index (χ2n) is 7.55. The molecule has 4 nitrogen and oxygen atoms in total. The fourth-order valence-electron chi connectivity index (χ4n) is 3.31. The summed E-state index contributed by atoms with van der Waals surface area (Å²) in [6, 6.07) is 25.8. The predicted octanol–water partition coefficient (Wildman–Crippen LogP) is 8.64. The van der Waals surface area contributed by atoms with Crippen molar-refractivity contribution in [3.8, 4) is 22.6 Å². The quantitative estimate of drug-likeness (QED) is 0.247. The van der Waals surface area contributed by atoms with Gasteiger partial charge in [0.1, 0.15) is 11.5 Å². The summed E-state index contributed by atoms with van der Waals surface area (Å²) in [5.41, 5.74) is 4.58. The highest BCUT2D eigenvalue weighted by Crippen LogP contribution is 2.29. The zero-order valence-electron chi connectivity index (χ0n) is 18.3. The molecule has 4 aromatic rings. The zero-order valence-corrected chi connectivity index (χ0v) is 18.3. The average Bonchev–Trinajstić information content (AvgIpc) is 2.81. The zero-order chi connectivity index (χ0) is 25.8. The van der Waals surface area contributed by atoms with Gasteiger partial charge in [0.2, 0.25) is 0 Å². The van der Waals surface area contributed by atoms with Crippen molar-refractivity contribution in [2.45, 2.75) is 12.7 Å². The van der Waals surface area contributed by atoms with Crippen LogP contribution in [0.25, 0.3) is 11.1 Å². The number of hydrogen-bond acceptors (Lipinski definition) is 4. The van der Waals surface area contributed by atoms with Crippen LogP contribution in [0.3, 0.4) is 0 Å². The van der Waals surface area contributed by atoms with E-state index >= 15 is 0 Å². The van der Waals surface area contributed by atoms with Crippen LogP contribution in [0.5, 0.6) is 11.5 Å². The van der Waals surface area contributed by atoms with Crippen LogP contribution < -0.4 is 20.1 Å². The first-order chi connectivity index (χ1) is 17.0. The fourth-order valence-corrected chi connectivity index (χ4v) is 3.31. The third-order valence-electron chi connectivity index (χ3n) is 4.86. The number of hydrogen-bond donors (Lipinski definition) is 2. The molecular formula is C26H18F6N2O2. The van der Waals surface area contributed by atoms with Gasteiger partial charge in [-0.3, -0.25) is 0 Å². The third kappa shape index (κ3) is 7.33. The molecular weight excluding hydrogens is 486 g/mol. The van der Waals surface area contributed by atoms with E-state index in [0.717, 1.165) is 22.5 Å². The number of benzene rings is 4. The van der Waals surface area contributed by atoms with Crippen molar-refractivity contribution in [2.24, 2.45) is 0 Å². The average molecular weight is 504 g/mol. The van der Waals surface area contributed by atoms with Crippen molar-refractivity contribution >= 4 is 22.7 Å². The van der Waals surface area contributed by atoms with E-state index in [-0.39, 0.29) is 11.5 Å². The van der Waals surface area contributed by atoms with Gasteiger partial charge in [0.15, 0.2) is 0 Å². The van der Waals surface area contributed by atoms with E-state index in [0.29, 0.717) is 11.4 Å². The molecule has 0 aliphatic carbocycles. The van der Waals surface area contributed by atoms with Gasteiger partial charge >= 0.3 is 12.7 Å². The van der Waals surface area contributed by atoms with Gasteiger partial charge in [-0.15, -0.1) is 26.3 Å². The highest BCUT2D eigenvalue weighted by Gasteiger charge is 2.31. The van der Waals surface area contributed by atoms with Gasteiger partial charge in [0, 0.05) is 22.7 Å². The number of alkyl halides is 6. The first-order valence-corrected chi connectivity index (χ1v) is 10.5. The second kappa shape index (κ2) is 10.1. The Morgan fingerprint density at radius 2 is 0.639 bits per heavy atom. The Labute approximate surface area is 202 Å². The van der Waals surface area contributed by atoms with E-state index in [1.54, 1.807) is 0 Å². The Morgan fingerprint density at radius 1 is 0.389 bits per heavy atom. The summed E-state index contributed by atoms with van der Waals surface area (Å²) in [5.74, 6) is -0.595. The monoisotopic (exact) mass is 504 g/mol. The van der Waals surface area contributed by atoms with Crippen LogP contribution in [0, 0.1) is 0 Å². The highest BCUT2D eigenvalue weighted by molar-refractivity contribution is 5.71. The summed E-state index contributed by atoms with van der Waals surface area (Å²) in [6.45, 7) is 0. The smallest absolute Gasteiger partial charge is 0.406 e. The normalized spacial score (nSPS) is 11.6. The van der Waals surface area contributed by atoms with Crippen LogP contribution in [0.2, 0.25) is 0 Å². The number of halogens is 6. The summed E-state index contributed by atoms with van der Waals surface area (Å²) in [7, 11) is 0. The molecule has 0 aliphatic rings. The molecule has 10 heteroatoms. The second-order valence-corrected chi connectivity index (χ2v) is 7.55. The van der Waals surface area contributed by atoms with Crippen LogP contribution in [0.1, 0.15) is 0 Å². The molecule has 0 spiro atoms. The Bertz CT molecular complexity index is 1170. The predicted molar refractivity (Wildman–Crippen MR) is 125 cm³/mol. The van der Waals surface area contributed by atoms with Crippen molar-refractivity contribution in [3.05, 3.63) is 97.1 Å². The minimum Gasteiger partial charge on any atom is -0.406 e. The lowest BCUT2D eigenvalue weighted by Gasteiger charge is -2.12. The van der Waals surface area contributed by atoms with Crippen molar-refractivity contribution in [3.63, 3.8) is 0 Å². The molecule has 0 aliphatic heterocycles. The standard InChI is InChI=1S/C26H18F6N2O2/c27-25(28,29)35-23-13-9-21(10-14-23)33-19-5-1-17(2-6-19)18-3-7-20(8-4-18)34-22-11-15-24(16-12-22)36-26(30,31)32/h1-16,33-34H. The Balaban J connectivity index is 1.35. The lowest BCUT2D eigenvalue weighted by Crippen LogP contribution is -2.17. The van der Waals surface area contributed by atoms with E-state index in [2.05, 4.69) is 20.1 Å². The number of nitrogens with one attached hydrogen (secondary N) is 2. The Kier molecular flexibility index (Phi) is 6.96. The summed E-state index contributed by atoms with van der Waals surface area (Å²) in [6.07, 6.45) is -9.47. The minimum atomic E-state index is -4.74. The molecule has 4 rings (SSSR count). The lowest BCUT2D eigenvalue weighted by atomic mass is 10.0. The maximum atomic E-state index is 12.3. The first kappa shape index (κ1) is 24.8. The third-order valence-corrected chi connectivity index (χ3v) is 4.86. The molecule has 0 saturated carbocycles. The van der Waals surface area contributed by atoms with Crippen LogP contribution in [0.15, 0.2) is 97.1 Å². The van der Waals surface area contributed by atoms with Gasteiger partial charge in [-0.05, 0) is 83.9 Å². The van der Waals surface area contributed by atoms with Gasteiger partial charge in [-0.25, -0.2) is 0 Å². The largest absolute Gasteiger partial charge is 0.573 e. The molecule has 0 unspecified atom stereocenters. The molecule has 2 N–H and O–H groups in total. The minimum absolute atomic E-state index is 0.297. The van der Waals surface area contributed by atoms with Crippen LogP contribution in [-0.4, -0.2) is 12.7 Å². The first-order valence-electron chi connectivity index (χ1n) is 10.5. The van der Waals surface area contributed by atoms with Gasteiger partial charge < -0.3 is 20.1 Å². The molecule has 0 heterocycles. The molecule has 186 valence electrons. The molecule has 0 amide bonds. The number of rotatable bonds is 7. The van der Waals surface area contributed by atoms with Crippen LogP contribution in [0.4, 0.5) is 49.1 Å². The van der Waals surface area contributed by atoms with Gasteiger partial charge in [-0.2, -0.15) is 0 Å². The van der Waals surface area contributed by atoms with Crippen molar-refractivity contribution in [1.82, 2.24) is 0 Å². The summed E-state index contributed by atoms with van der Waals surface area (Å²) in [4.78, 5) is 0. The van der Waals surface area contributed by atoms with Gasteiger partial charge in [-0.1, -0.05) is 24.3 Å². The van der Waals surface area contributed by atoms with E-state index in [9.17, 15) is 26.3 Å². The van der Waals surface area contributed by atoms with E-state index in [1.165, 1.54) is 48.5 Å². The summed E-state index contributed by atoms with van der Waals surface area (Å²) in [5, 5.41) is 6.21. The number of anilines is 4. The highest BCUT2D eigenvalue weighted by atomic mass is 19.4. The van der Waals surface area contributed by atoms with Crippen molar-refractivity contribution in [2.75, 3.05) is 10.6 Å². The van der Waals surface area contributed by atoms with Crippen LogP contribution in [-0.2, 0) is 0 Å². The molecule has 4 aromatic carbocycles. The molecule has 0 radical (unpaired) electrons. The summed E-state index contributed by atoms with van der Waals surface area (Å²) < 4.78 is 81.3. The van der Waals surface area contributed by atoms with Crippen LogP contribution >= 0.6 is 0 Å². The Hall–Kier alpha value is -4.34. The van der Waals surface area contributed by atoms with E-state index < -0.39 is 12.7 Å². The molecule has 0 bridgehead atoms. The SMILES string of the molecule is FC(F)(F)Oc1ccc(Nc2ccc(-c3ccc(Nc4ccc(OC(F)(F)F)cc4)cc3)cc2)cc1. The fraction of sp³-hybridized carbons (Fsp3) is 0.0769. The maximum absolute atomic E-state index is 12.3. The summed E-state index contributed by atoms with van der Waals surface area (Å²) >= 11 is 0. The van der Waals surface area contributed by atoms with E-state index in [4.69, 9.17) is 0 Å². The molecule has 0 fully saturated rings. The maximum Gasteiger partial charge on any atom is 0.573 e. The topological polar surface area (TPSA) is 42.5 Å². The van der Waals surface area contributed by atoms with Gasteiger partial charge in [0.25, 0.3) is 0 Å². The van der Waals surface area contributed by atoms with E-state index in [1.807, 2.05) is 48.5 Å². The Morgan fingerprint density at radius 3 is 0.889 bits per heavy atom. The van der Waals surface area contributed by atoms with Crippen molar-refractivity contribution < 1.29 is 35.8 Å². The number of ether oxygens (including phenoxy) is 2. The molecule has 36 heavy (non-hydrogen) atoms. The van der Waals surface area contributed by atoms with Crippen molar-refractivity contribution in [1.29, 1.82) is 0 Å². The lowest BCUT2D eigenvalue weighted by molar-refractivity contribution is -0.275. The molecule has 0 atom stereocenters. The van der Waals surface area contributed by atoms with Gasteiger partial charge in [0.05, 0.1) is 0 Å². The molecule has 0 aromatic heterocycles.